The molecule has 16 heavy (non-hydrogen) atoms. The van der Waals surface area contributed by atoms with Crippen molar-refractivity contribution in [3.05, 3.63) is 40.0 Å². The molecular formula is C9H11FN4O2. The standard InChI is InChI=1S/C9H11FN4O2/c10-5-1-2-7(11)6(3-5)9(16)8(15)4-13-14-12/h1-3,8-9,15-16H,4,11H2. The van der Waals surface area contributed by atoms with Crippen molar-refractivity contribution in [3.63, 3.8) is 0 Å². The molecule has 0 heterocycles. The van der Waals surface area contributed by atoms with Crippen molar-refractivity contribution in [1.29, 1.82) is 0 Å². The fraction of sp³-hybridized carbons (Fsp3) is 0.333. The van der Waals surface area contributed by atoms with Crippen LogP contribution in [0.2, 0.25) is 0 Å². The van der Waals surface area contributed by atoms with Crippen molar-refractivity contribution in [2.45, 2.75) is 12.2 Å². The molecule has 1 rings (SSSR count). The van der Waals surface area contributed by atoms with Gasteiger partial charge in [-0.15, -0.1) is 0 Å². The van der Waals surface area contributed by atoms with E-state index in [0.717, 1.165) is 12.1 Å². The lowest BCUT2D eigenvalue weighted by Crippen LogP contribution is -2.22. The molecule has 0 radical (unpaired) electrons. The summed E-state index contributed by atoms with van der Waals surface area (Å²) < 4.78 is 12.9. The van der Waals surface area contributed by atoms with E-state index in [9.17, 15) is 14.6 Å². The summed E-state index contributed by atoms with van der Waals surface area (Å²) >= 11 is 0. The van der Waals surface area contributed by atoms with Crippen molar-refractivity contribution >= 4 is 5.69 Å². The first kappa shape index (κ1) is 12.3. The molecule has 0 spiro atoms. The van der Waals surface area contributed by atoms with Gasteiger partial charge < -0.3 is 15.9 Å². The van der Waals surface area contributed by atoms with E-state index in [1.54, 1.807) is 0 Å². The lowest BCUT2D eigenvalue weighted by molar-refractivity contribution is 0.0247. The number of hydrogen-bond acceptors (Lipinski definition) is 4. The van der Waals surface area contributed by atoms with Crippen molar-refractivity contribution in [2.75, 3.05) is 12.3 Å². The van der Waals surface area contributed by atoms with Crippen LogP contribution in [0.25, 0.3) is 10.4 Å². The summed E-state index contributed by atoms with van der Waals surface area (Å²) in [6.07, 6.45) is -2.71. The molecule has 0 saturated carbocycles. The van der Waals surface area contributed by atoms with Gasteiger partial charge in [-0.1, -0.05) is 5.11 Å². The van der Waals surface area contributed by atoms with Gasteiger partial charge in [-0.05, 0) is 23.7 Å². The third-order valence-corrected chi connectivity index (χ3v) is 2.06. The molecule has 6 nitrogen and oxygen atoms in total. The predicted octanol–water partition coefficient (Wildman–Crippen LogP) is 1.11. The molecule has 0 aromatic heterocycles. The maximum absolute atomic E-state index is 12.9. The fourth-order valence-corrected chi connectivity index (χ4v) is 1.23. The second kappa shape index (κ2) is 5.32. The fourth-order valence-electron chi connectivity index (χ4n) is 1.23. The molecule has 2 atom stereocenters. The van der Waals surface area contributed by atoms with Crippen molar-refractivity contribution in [3.8, 4) is 0 Å². The molecular weight excluding hydrogens is 215 g/mol. The van der Waals surface area contributed by atoms with Gasteiger partial charge in [-0.25, -0.2) is 4.39 Å². The Labute approximate surface area is 90.8 Å². The number of anilines is 1. The minimum atomic E-state index is -1.39. The van der Waals surface area contributed by atoms with Gasteiger partial charge in [0, 0.05) is 16.2 Å². The van der Waals surface area contributed by atoms with Gasteiger partial charge in [-0.2, -0.15) is 0 Å². The highest BCUT2D eigenvalue weighted by molar-refractivity contribution is 5.48. The largest absolute Gasteiger partial charge is 0.398 e. The number of aliphatic hydroxyl groups is 2. The minimum Gasteiger partial charge on any atom is -0.398 e. The zero-order valence-corrected chi connectivity index (χ0v) is 8.29. The van der Waals surface area contributed by atoms with E-state index in [1.165, 1.54) is 6.07 Å². The number of nitrogens with two attached hydrogens (primary N) is 1. The minimum absolute atomic E-state index is 0.0700. The Kier molecular flexibility index (Phi) is 4.07. The third-order valence-electron chi connectivity index (χ3n) is 2.06. The zero-order chi connectivity index (χ0) is 12.1. The van der Waals surface area contributed by atoms with E-state index in [-0.39, 0.29) is 17.8 Å². The van der Waals surface area contributed by atoms with Crippen molar-refractivity contribution in [1.82, 2.24) is 0 Å². The molecule has 0 saturated heterocycles. The highest BCUT2D eigenvalue weighted by atomic mass is 19.1. The molecule has 7 heteroatoms. The van der Waals surface area contributed by atoms with E-state index >= 15 is 0 Å². The number of nitrogen functional groups attached to an aromatic ring is 1. The number of hydrogen-bond donors (Lipinski definition) is 3. The van der Waals surface area contributed by atoms with Crippen LogP contribution < -0.4 is 5.73 Å². The molecule has 0 aliphatic carbocycles. The SMILES string of the molecule is [N-]=[N+]=NCC(O)C(O)c1cc(F)ccc1N. The number of benzene rings is 1. The third kappa shape index (κ3) is 2.83. The van der Waals surface area contributed by atoms with Crippen molar-refractivity contribution in [2.24, 2.45) is 5.11 Å². The summed E-state index contributed by atoms with van der Waals surface area (Å²) in [6, 6.07) is 3.46. The van der Waals surface area contributed by atoms with Crippen LogP contribution in [-0.2, 0) is 0 Å². The van der Waals surface area contributed by atoms with Crippen molar-refractivity contribution < 1.29 is 14.6 Å². The Morgan fingerprint density at radius 2 is 2.19 bits per heavy atom. The van der Waals surface area contributed by atoms with Gasteiger partial charge in [0.15, 0.2) is 0 Å². The second-order valence-electron chi connectivity index (χ2n) is 3.20. The van der Waals surface area contributed by atoms with Crippen LogP contribution in [0.1, 0.15) is 11.7 Å². The average Bonchev–Trinajstić information content (AvgIpc) is 2.28. The first-order valence-corrected chi connectivity index (χ1v) is 4.48. The summed E-state index contributed by atoms with van der Waals surface area (Å²) in [5.74, 6) is -0.570. The first-order valence-electron chi connectivity index (χ1n) is 4.48. The lowest BCUT2D eigenvalue weighted by Gasteiger charge is -2.17. The molecule has 1 aromatic carbocycles. The highest BCUT2D eigenvalue weighted by Gasteiger charge is 2.20. The number of rotatable bonds is 4. The Morgan fingerprint density at radius 3 is 2.81 bits per heavy atom. The van der Waals surface area contributed by atoms with E-state index < -0.39 is 18.0 Å². The first-order chi connectivity index (χ1) is 7.56. The van der Waals surface area contributed by atoms with Gasteiger partial charge in [-0.3, -0.25) is 0 Å². The maximum Gasteiger partial charge on any atom is 0.123 e. The summed E-state index contributed by atoms with van der Waals surface area (Å²) in [5, 5.41) is 22.2. The number of azide groups is 1. The smallest absolute Gasteiger partial charge is 0.123 e. The number of halogens is 1. The zero-order valence-electron chi connectivity index (χ0n) is 8.29. The second-order valence-corrected chi connectivity index (χ2v) is 3.20. The van der Waals surface area contributed by atoms with E-state index in [4.69, 9.17) is 11.3 Å². The molecule has 1 aromatic rings. The van der Waals surface area contributed by atoms with Crippen LogP contribution >= 0.6 is 0 Å². The van der Waals surface area contributed by atoms with Crippen LogP contribution in [0, 0.1) is 5.82 Å². The van der Waals surface area contributed by atoms with Crippen LogP contribution in [0.3, 0.4) is 0 Å². The van der Waals surface area contributed by atoms with E-state index in [0.29, 0.717) is 0 Å². The average molecular weight is 226 g/mol. The molecule has 2 unspecified atom stereocenters. The van der Waals surface area contributed by atoms with Gasteiger partial charge in [0.1, 0.15) is 11.9 Å². The Balaban J connectivity index is 2.90. The molecule has 0 fully saturated rings. The molecule has 0 aliphatic heterocycles. The van der Waals surface area contributed by atoms with Crippen LogP contribution in [0.4, 0.5) is 10.1 Å². The quantitative estimate of drug-likeness (QED) is 0.309. The molecule has 0 bridgehead atoms. The van der Waals surface area contributed by atoms with E-state index in [1.807, 2.05) is 0 Å². The summed E-state index contributed by atoms with van der Waals surface area (Å²) in [4.78, 5) is 2.44. The van der Waals surface area contributed by atoms with Gasteiger partial charge >= 0.3 is 0 Å². The Hall–Kier alpha value is -1.82. The summed E-state index contributed by atoms with van der Waals surface area (Å²) in [7, 11) is 0. The summed E-state index contributed by atoms with van der Waals surface area (Å²) in [5.41, 5.74) is 13.8. The molecule has 0 amide bonds. The topological polar surface area (TPSA) is 115 Å². The maximum atomic E-state index is 12.9. The Bertz CT molecular complexity index is 420. The van der Waals surface area contributed by atoms with Gasteiger partial charge in [0.2, 0.25) is 0 Å². The number of aliphatic hydroxyl groups excluding tert-OH is 2. The lowest BCUT2D eigenvalue weighted by atomic mass is 10.0. The van der Waals surface area contributed by atoms with E-state index in [2.05, 4.69) is 10.0 Å². The normalized spacial score (nSPS) is 13.9. The highest BCUT2D eigenvalue weighted by Crippen LogP contribution is 2.24. The molecule has 86 valence electrons. The monoisotopic (exact) mass is 226 g/mol. The van der Waals surface area contributed by atoms with Crippen LogP contribution in [-0.4, -0.2) is 22.9 Å². The van der Waals surface area contributed by atoms with Crippen LogP contribution in [0.15, 0.2) is 23.3 Å². The van der Waals surface area contributed by atoms with Crippen LogP contribution in [0.5, 0.6) is 0 Å². The Morgan fingerprint density at radius 1 is 1.50 bits per heavy atom. The predicted molar refractivity (Wildman–Crippen MR) is 55.8 cm³/mol. The molecule has 4 N–H and O–H groups in total. The molecule has 0 aliphatic rings. The van der Waals surface area contributed by atoms with Gasteiger partial charge in [0.05, 0.1) is 12.6 Å². The number of nitrogens with zero attached hydrogens (tertiary/aromatic N) is 3. The van der Waals surface area contributed by atoms with Gasteiger partial charge in [0.25, 0.3) is 0 Å². The summed E-state index contributed by atoms with van der Waals surface area (Å²) in [6.45, 7) is -0.312.